The van der Waals surface area contributed by atoms with Gasteiger partial charge in [-0.3, -0.25) is 14.4 Å². The van der Waals surface area contributed by atoms with Gasteiger partial charge in [-0.1, -0.05) is 220 Å². The summed E-state index contributed by atoms with van der Waals surface area (Å²) in [6.45, 7) is 8.95. The molecule has 0 aromatic heterocycles. The van der Waals surface area contributed by atoms with Crippen molar-refractivity contribution in [1.82, 2.24) is 0 Å². The molecule has 6 heteroatoms. The largest absolute Gasteiger partial charge is 0.462 e. The van der Waals surface area contributed by atoms with Crippen LogP contribution in [0.2, 0.25) is 0 Å². The topological polar surface area (TPSA) is 78.9 Å². The minimum absolute atomic E-state index is 0.0640. The number of rotatable bonds is 42. The number of unbranched alkanes of at least 4 members (excludes halogenated alkanes) is 29. The molecule has 0 fully saturated rings. The maximum atomic E-state index is 12.7. The lowest BCUT2D eigenvalue weighted by atomic mass is 10.0. The molecule has 0 saturated heterocycles. The fourth-order valence-corrected chi connectivity index (χ4v) is 6.98. The van der Waals surface area contributed by atoms with E-state index in [2.05, 4.69) is 27.7 Å². The van der Waals surface area contributed by atoms with Crippen molar-refractivity contribution in [1.29, 1.82) is 0 Å². The summed E-state index contributed by atoms with van der Waals surface area (Å²) >= 11 is 0. The number of carbonyl (C=O) groups excluding carboxylic acids is 3. The molecule has 6 nitrogen and oxygen atoms in total. The number of carbonyl (C=O) groups is 3. The third-order valence-corrected chi connectivity index (χ3v) is 10.5. The zero-order valence-electron chi connectivity index (χ0n) is 36.0. The first-order valence-electron chi connectivity index (χ1n) is 23.4. The molecule has 0 aliphatic heterocycles. The molecule has 314 valence electrons. The normalized spacial score (nSPS) is 11.9. The fraction of sp³-hybridized carbons (Fsp3) is 0.936. The van der Waals surface area contributed by atoms with Crippen LogP contribution in [0.3, 0.4) is 0 Å². The SMILES string of the molecule is CCCCCCCCCCCCCCCCCC(=O)OC[C@H](COC(=O)CCCCCCCCC)OC(=O)CCCCCCCCCCCCC(C)C. The molecule has 0 unspecified atom stereocenters. The highest BCUT2D eigenvalue weighted by Gasteiger charge is 2.19. The van der Waals surface area contributed by atoms with Gasteiger partial charge in [0.15, 0.2) is 6.10 Å². The molecule has 0 rings (SSSR count). The summed E-state index contributed by atoms with van der Waals surface area (Å²) in [6.07, 6.45) is 41.0. The first-order valence-corrected chi connectivity index (χ1v) is 23.4. The molecule has 0 heterocycles. The van der Waals surface area contributed by atoms with Gasteiger partial charge in [-0.15, -0.1) is 0 Å². The Morgan fingerprint density at radius 1 is 0.358 bits per heavy atom. The summed E-state index contributed by atoms with van der Waals surface area (Å²) < 4.78 is 16.7. The van der Waals surface area contributed by atoms with Gasteiger partial charge < -0.3 is 14.2 Å². The van der Waals surface area contributed by atoms with Crippen LogP contribution >= 0.6 is 0 Å². The van der Waals surface area contributed by atoms with Crippen molar-refractivity contribution in [3.05, 3.63) is 0 Å². The van der Waals surface area contributed by atoms with Gasteiger partial charge in [-0.25, -0.2) is 0 Å². The summed E-state index contributed by atoms with van der Waals surface area (Å²) in [5, 5.41) is 0. The highest BCUT2D eigenvalue weighted by atomic mass is 16.6. The molecule has 0 aliphatic rings. The molecule has 0 aromatic carbocycles. The molecule has 0 saturated carbocycles. The van der Waals surface area contributed by atoms with E-state index in [-0.39, 0.29) is 31.1 Å². The highest BCUT2D eigenvalue weighted by Crippen LogP contribution is 2.16. The van der Waals surface area contributed by atoms with Crippen molar-refractivity contribution in [3.8, 4) is 0 Å². The molecule has 1 atom stereocenters. The van der Waals surface area contributed by atoms with Gasteiger partial charge in [0.1, 0.15) is 13.2 Å². The third kappa shape index (κ3) is 41.4. The Kier molecular flexibility index (Phi) is 40.3. The van der Waals surface area contributed by atoms with E-state index < -0.39 is 6.10 Å². The van der Waals surface area contributed by atoms with Crippen molar-refractivity contribution in [2.75, 3.05) is 13.2 Å². The third-order valence-electron chi connectivity index (χ3n) is 10.5. The minimum Gasteiger partial charge on any atom is -0.462 e. The van der Waals surface area contributed by atoms with Crippen molar-refractivity contribution >= 4 is 17.9 Å². The van der Waals surface area contributed by atoms with Crippen LogP contribution in [-0.2, 0) is 28.6 Å². The van der Waals surface area contributed by atoms with Crippen LogP contribution < -0.4 is 0 Å². The van der Waals surface area contributed by atoms with Crippen molar-refractivity contribution in [2.45, 2.75) is 265 Å². The Hall–Kier alpha value is -1.59. The van der Waals surface area contributed by atoms with Crippen LogP contribution in [-0.4, -0.2) is 37.2 Å². The Balaban J connectivity index is 4.24. The number of hydrogen-bond donors (Lipinski definition) is 0. The average molecular weight is 751 g/mol. The molecular weight excluding hydrogens is 661 g/mol. The second kappa shape index (κ2) is 41.6. The van der Waals surface area contributed by atoms with Crippen molar-refractivity contribution < 1.29 is 28.6 Å². The number of hydrogen-bond acceptors (Lipinski definition) is 6. The Morgan fingerprint density at radius 3 is 0.925 bits per heavy atom. The first-order chi connectivity index (χ1) is 25.9. The van der Waals surface area contributed by atoms with E-state index in [1.165, 1.54) is 154 Å². The van der Waals surface area contributed by atoms with Crippen molar-refractivity contribution in [2.24, 2.45) is 5.92 Å². The second-order valence-electron chi connectivity index (χ2n) is 16.5. The smallest absolute Gasteiger partial charge is 0.306 e. The van der Waals surface area contributed by atoms with E-state index in [0.29, 0.717) is 19.3 Å². The van der Waals surface area contributed by atoms with E-state index in [0.717, 1.165) is 63.7 Å². The molecular formula is C47H90O6. The summed E-state index contributed by atoms with van der Waals surface area (Å²) in [5.41, 5.74) is 0. The van der Waals surface area contributed by atoms with E-state index >= 15 is 0 Å². The van der Waals surface area contributed by atoms with Gasteiger partial charge in [0.25, 0.3) is 0 Å². The summed E-state index contributed by atoms with van der Waals surface area (Å²) in [5.74, 6) is -0.0424. The van der Waals surface area contributed by atoms with Gasteiger partial charge >= 0.3 is 17.9 Å². The van der Waals surface area contributed by atoms with E-state index in [1.54, 1.807) is 0 Å². The van der Waals surface area contributed by atoms with E-state index in [1.807, 2.05) is 0 Å². The fourth-order valence-electron chi connectivity index (χ4n) is 6.98. The maximum absolute atomic E-state index is 12.7. The monoisotopic (exact) mass is 751 g/mol. The average Bonchev–Trinajstić information content (AvgIpc) is 3.14. The predicted octanol–water partition coefficient (Wildman–Crippen LogP) is 14.7. The predicted molar refractivity (Wildman–Crippen MR) is 224 cm³/mol. The van der Waals surface area contributed by atoms with Gasteiger partial charge in [-0.2, -0.15) is 0 Å². The van der Waals surface area contributed by atoms with Crippen molar-refractivity contribution in [3.63, 3.8) is 0 Å². The van der Waals surface area contributed by atoms with Crippen LogP contribution in [0, 0.1) is 5.92 Å². The first kappa shape index (κ1) is 51.4. The minimum atomic E-state index is -0.758. The molecule has 0 amide bonds. The van der Waals surface area contributed by atoms with Gasteiger partial charge in [-0.05, 0) is 25.2 Å². The molecule has 0 bridgehead atoms. The molecule has 53 heavy (non-hydrogen) atoms. The molecule has 0 radical (unpaired) electrons. The lowest BCUT2D eigenvalue weighted by molar-refractivity contribution is -0.167. The zero-order chi connectivity index (χ0) is 38.9. The molecule has 0 aliphatic carbocycles. The standard InChI is InChI=1S/C47H90O6/c1-5-7-9-11-13-14-15-16-17-18-19-23-27-31-35-39-46(49)52-42-44(41-51-45(48)38-34-30-25-12-10-8-6-2)53-47(50)40-36-32-28-24-21-20-22-26-29-33-37-43(3)4/h43-44H,5-42H2,1-4H3/t44-/m0/s1. The Morgan fingerprint density at radius 2 is 0.623 bits per heavy atom. The van der Waals surface area contributed by atoms with Gasteiger partial charge in [0.2, 0.25) is 0 Å². The number of ether oxygens (including phenoxy) is 3. The van der Waals surface area contributed by atoms with Gasteiger partial charge in [0.05, 0.1) is 0 Å². The molecule has 0 N–H and O–H groups in total. The molecule has 0 spiro atoms. The quantitative estimate of drug-likeness (QED) is 0.0351. The van der Waals surface area contributed by atoms with Gasteiger partial charge in [0, 0.05) is 19.3 Å². The van der Waals surface area contributed by atoms with Crippen LogP contribution in [0.15, 0.2) is 0 Å². The van der Waals surface area contributed by atoms with Crippen LogP contribution in [0.4, 0.5) is 0 Å². The second-order valence-corrected chi connectivity index (χ2v) is 16.5. The maximum Gasteiger partial charge on any atom is 0.306 e. The Labute approximate surface area is 329 Å². The highest BCUT2D eigenvalue weighted by molar-refractivity contribution is 5.71. The van der Waals surface area contributed by atoms with Crippen LogP contribution in [0.1, 0.15) is 259 Å². The zero-order valence-corrected chi connectivity index (χ0v) is 36.0. The lowest BCUT2D eigenvalue weighted by Crippen LogP contribution is -2.30. The van der Waals surface area contributed by atoms with Crippen LogP contribution in [0.25, 0.3) is 0 Å². The summed E-state index contributed by atoms with van der Waals surface area (Å²) in [6, 6.07) is 0. The van der Waals surface area contributed by atoms with E-state index in [9.17, 15) is 14.4 Å². The molecule has 0 aromatic rings. The number of esters is 3. The summed E-state index contributed by atoms with van der Waals surface area (Å²) in [4.78, 5) is 37.6. The lowest BCUT2D eigenvalue weighted by Gasteiger charge is -2.18. The summed E-state index contributed by atoms with van der Waals surface area (Å²) in [7, 11) is 0. The van der Waals surface area contributed by atoms with E-state index in [4.69, 9.17) is 14.2 Å². The van der Waals surface area contributed by atoms with Crippen LogP contribution in [0.5, 0.6) is 0 Å². The Bertz CT molecular complexity index is 796.